The molecule has 0 amide bonds. The summed E-state index contributed by atoms with van der Waals surface area (Å²) < 4.78 is 5.63. The Morgan fingerprint density at radius 2 is 1.85 bits per heavy atom. The first-order valence-electron chi connectivity index (χ1n) is 8.46. The number of hydrogen-bond acceptors (Lipinski definition) is 6. The second-order valence-corrected chi connectivity index (χ2v) is 6.90. The van der Waals surface area contributed by atoms with Crippen molar-refractivity contribution in [3.63, 3.8) is 0 Å². The van der Waals surface area contributed by atoms with Crippen molar-refractivity contribution in [3.8, 4) is 11.6 Å². The lowest BCUT2D eigenvalue weighted by molar-refractivity contribution is 0.107. The Balaban J connectivity index is 1.44. The number of nitrogens with one attached hydrogen (secondary N) is 1. The molecule has 1 heterocycles. The largest absolute Gasteiger partial charge is 0.494 e. The van der Waals surface area contributed by atoms with Gasteiger partial charge in [-0.15, -0.1) is 0 Å². The van der Waals surface area contributed by atoms with Gasteiger partial charge in [0.25, 0.3) is 0 Å². The molecule has 0 aliphatic heterocycles. The monoisotopic (exact) mass is 384 g/mol. The standard InChI is InChI=1S/C20H20N2O4S/c1-14(16-5-3-2-4-6-16)22-26-12-11-25-17-9-7-15(8-10-17)13-18-19(23)21-20(24)27-18/h2-10,23H,11-13H2,1H3,(H,21,24)/b22-14+. The Labute approximate surface area is 160 Å². The zero-order chi connectivity index (χ0) is 19.1. The average molecular weight is 384 g/mol. The number of aromatic nitrogens is 1. The highest BCUT2D eigenvalue weighted by Gasteiger charge is 2.07. The maximum Gasteiger partial charge on any atom is 0.307 e. The van der Waals surface area contributed by atoms with Gasteiger partial charge in [-0.05, 0) is 30.2 Å². The third kappa shape index (κ3) is 5.46. The summed E-state index contributed by atoms with van der Waals surface area (Å²) >= 11 is 1.01. The number of oxime groups is 1. The number of nitrogens with zero attached hydrogens (tertiary/aromatic N) is 1. The van der Waals surface area contributed by atoms with Gasteiger partial charge in [0.1, 0.15) is 12.4 Å². The summed E-state index contributed by atoms with van der Waals surface area (Å²) in [5, 5.41) is 13.7. The molecule has 1 aromatic heterocycles. The molecule has 0 bridgehead atoms. The van der Waals surface area contributed by atoms with E-state index in [1.165, 1.54) is 0 Å². The van der Waals surface area contributed by atoms with Gasteiger partial charge in [0.2, 0.25) is 5.88 Å². The van der Waals surface area contributed by atoms with Crippen LogP contribution < -0.4 is 9.61 Å². The molecule has 3 aromatic rings. The molecule has 0 aliphatic carbocycles. The molecule has 6 nitrogen and oxygen atoms in total. The highest BCUT2D eigenvalue weighted by atomic mass is 32.1. The van der Waals surface area contributed by atoms with Gasteiger partial charge in [-0.1, -0.05) is 59.0 Å². The number of hydrogen-bond donors (Lipinski definition) is 2. The van der Waals surface area contributed by atoms with Gasteiger partial charge in [-0.3, -0.25) is 9.78 Å². The van der Waals surface area contributed by atoms with Gasteiger partial charge < -0.3 is 14.7 Å². The van der Waals surface area contributed by atoms with Crippen LogP contribution in [-0.2, 0) is 11.3 Å². The first kappa shape index (κ1) is 18.7. The van der Waals surface area contributed by atoms with Gasteiger partial charge in [-0.2, -0.15) is 0 Å². The minimum Gasteiger partial charge on any atom is -0.494 e. The molecule has 0 spiro atoms. The second kappa shape index (κ2) is 9.05. The van der Waals surface area contributed by atoms with Crippen LogP contribution in [0.4, 0.5) is 0 Å². The molecule has 2 N–H and O–H groups in total. The first-order valence-corrected chi connectivity index (χ1v) is 9.28. The van der Waals surface area contributed by atoms with Crippen molar-refractivity contribution in [2.75, 3.05) is 13.2 Å². The third-order valence-electron chi connectivity index (χ3n) is 3.82. The van der Waals surface area contributed by atoms with Crippen LogP contribution in [0.2, 0.25) is 0 Å². The van der Waals surface area contributed by atoms with Crippen molar-refractivity contribution in [2.24, 2.45) is 5.16 Å². The molecule has 3 rings (SSSR count). The maximum absolute atomic E-state index is 11.2. The van der Waals surface area contributed by atoms with Crippen LogP contribution in [0, 0.1) is 0 Å². The van der Waals surface area contributed by atoms with Crippen molar-refractivity contribution >= 4 is 17.0 Å². The Morgan fingerprint density at radius 1 is 1.11 bits per heavy atom. The molecule has 0 radical (unpaired) electrons. The highest BCUT2D eigenvalue weighted by Crippen LogP contribution is 2.21. The number of rotatable bonds is 8. The van der Waals surface area contributed by atoms with E-state index in [1.807, 2.05) is 61.5 Å². The first-order chi connectivity index (χ1) is 13.1. The fourth-order valence-electron chi connectivity index (χ4n) is 2.43. The van der Waals surface area contributed by atoms with E-state index in [-0.39, 0.29) is 10.8 Å². The molecule has 0 atom stereocenters. The van der Waals surface area contributed by atoms with Crippen molar-refractivity contribution in [1.82, 2.24) is 4.98 Å². The Bertz CT molecular complexity index is 946. The molecule has 2 aromatic carbocycles. The van der Waals surface area contributed by atoms with E-state index in [4.69, 9.17) is 9.57 Å². The summed E-state index contributed by atoms with van der Waals surface area (Å²) in [6.07, 6.45) is 0.492. The topological polar surface area (TPSA) is 83.9 Å². The lowest BCUT2D eigenvalue weighted by atomic mass is 10.1. The fraction of sp³-hybridized carbons (Fsp3) is 0.200. The quantitative estimate of drug-likeness (QED) is 0.353. The van der Waals surface area contributed by atoms with E-state index >= 15 is 0 Å². The van der Waals surface area contributed by atoms with E-state index in [1.54, 1.807) is 0 Å². The maximum atomic E-state index is 11.2. The number of benzene rings is 2. The SMILES string of the molecule is C/C(=N\OCCOc1ccc(Cc2sc(=O)[nH]c2O)cc1)c1ccccc1. The van der Waals surface area contributed by atoms with E-state index in [9.17, 15) is 9.90 Å². The fourth-order valence-corrected chi connectivity index (χ4v) is 3.19. The Morgan fingerprint density at radius 3 is 2.52 bits per heavy atom. The Kier molecular flexibility index (Phi) is 6.27. The molecule has 27 heavy (non-hydrogen) atoms. The molecule has 0 unspecified atom stereocenters. The lowest BCUT2D eigenvalue weighted by Gasteiger charge is -2.07. The minimum absolute atomic E-state index is 0.0613. The predicted octanol–water partition coefficient (Wildman–Crippen LogP) is 3.55. The number of ether oxygens (including phenoxy) is 1. The number of thiazole rings is 1. The van der Waals surface area contributed by atoms with E-state index < -0.39 is 0 Å². The molecule has 0 saturated carbocycles. The molecule has 0 saturated heterocycles. The summed E-state index contributed by atoms with van der Waals surface area (Å²) in [5.41, 5.74) is 2.81. The zero-order valence-electron chi connectivity index (χ0n) is 14.8. The summed E-state index contributed by atoms with van der Waals surface area (Å²) in [4.78, 5) is 19.2. The number of aromatic hydroxyl groups is 1. The zero-order valence-corrected chi connectivity index (χ0v) is 15.7. The van der Waals surface area contributed by atoms with Crippen LogP contribution in [0.3, 0.4) is 0 Å². The third-order valence-corrected chi connectivity index (χ3v) is 4.70. The summed E-state index contributed by atoms with van der Waals surface area (Å²) in [6, 6.07) is 17.3. The average Bonchev–Trinajstić information content (AvgIpc) is 3.00. The van der Waals surface area contributed by atoms with Crippen LogP contribution >= 0.6 is 11.3 Å². The molecule has 0 fully saturated rings. The molecular weight excluding hydrogens is 364 g/mol. The van der Waals surface area contributed by atoms with Crippen molar-refractivity contribution in [1.29, 1.82) is 0 Å². The number of aromatic amines is 1. The molecule has 0 aliphatic rings. The van der Waals surface area contributed by atoms with Gasteiger partial charge in [-0.25, -0.2) is 0 Å². The molecule has 140 valence electrons. The van der Waals surface area contributed by atoms with Crippen LogP contribution in [0.5, 0.6) is 11.6 Å². The summed E-state index contributed by atoms with van der Waals surface area (Å²) in [5.74, 6) is 0.659. The van der Waals surface area contributed by atoms with Gasteiger partial charge in [0.05, 0.1) is 10.6 Å². The highest BCUT2D eigenvalue weighted by molar-refractivity contribution is 7.09. The van der Waals surface area contributed by atoms with Crippen LogP contribution in [0.15, 0.2) is 64.5 Å². The Hall–Kier alpha value is -3.06. The van der Waals surface area contributed by atoms with Crippen molar-refractivity contribution < 1.29 is 14.7 Å². The normalized spacial score (nSPS) is 11.4. The molecular formula is C20H20N2O4S. The van der Waals surface area contributed by atoms with Crippen molar-refractivity contribution in [2.45, 2.75) is 13.3 Å². The lowest BCUT2D eigenvalue weighted by Crippen LogP contribution is -2.05. The number of H-pyrrole nitrogens is 1. The van der Waals surface area contributed by atoms with Crippen LogP contribution in [0.25, 0.3) is 0 Å². The predicted molar refractivity (Wildman–Crippen MR) is 106 cm³/mol. The van der Waals surface area contributed by atoms with E-state index in [0.717, 1.165) is 33.9 Å². The van der Waals surface area contributed by atoms with Crippen molar-refractivity contribution in [3.05, 3.63) is 80.3 Å². The summed E-state index contributed by atoms with van der Waals surface area (Å²) in [7, 11) is 0. The second-order valence-electron chi connectivity index (χ2n) is 5.83. The minimum atomic E-state index is -0.257. The van der Waals surface area contributed by atoms with Gasteiger partial charge in [0.15, 0.2) is 6.61 Å². The van der Waals surface area contributed by atoms with E-state index in [0.29, 0.717) is 24.5 Å². The van der Waals surface area contributed by atoms with E-state index in [2.05, 4.69) is 10.1 Å². The smallest absolute Gasteiger partial charge is 0.307 e. The van der Waals surface area contributed by atoms with Gasteiger partial charge in [0, 0.05) is 6.42 Å². The van der Waals surface area contributed by atoms with Crippen LogP contribution in [-0.4, -0.2) is 29.0 Å². The summed E-state index contributed by atoms with van der Waals surface area (Å²) in [6.45, 7) is 2.62. The van der Waals surface area contributed by atoms with Gasteiger partial charge >= 0.3 is 4.87 Å². The molecule has 7 heteroatoms. The van der Waals surface area contributed by atoms with Crippen LogP contribution in [0.1, 0.15) is 22.9 Å².